The minimum Gasteiger partial charge on any atom is -0.382 e. The highest BCUT2D eigenvalue weighted by atomic mass is 15.2. The van der Waals surface area contributed by atoms with E-state index in [-0.39, 0.29) is 5.84 Å². The average molecular weight is 330 g/mol. The molecule has 0 fully saturated rings. The number of fused-ring (bicyclic) bond motifs is 3. The van der Waals surface area contributed by atoms with E-state index in [4.69, 9.17) is 16.6 Å². The number of rotatable bonds is 4. The van der Waals surface area contributed by atoms with Crippen molar-refractivity contribution in [3.63, 3.8) is 0 Å². The summed E-state index contributed by atoms with van der Waals surface area (Å²) in [6, 6.07) is 20.0. The molecule has 0 amide bonds. The van der Waals surface area contributed by atoms with Gasteiger partial charge in [-0.1, -0.05) is 30.3 Å². The van der Waals surface area contributed by atoms with Gasteiger partial charge in [0.15, 0.2) is 5.82 Å². The molecule has 124 valence electrons. The maximum absolute atomic E-state index is 5.83. The predicted molar refractivity (Wildman–Crippen MR) is 101 cm³/mol. The Balaban J connectivity index is 1.80. The van der Waals surface area contributed by atoms with Gasteiger partial charge in [-0.2, -0.15) is 5.10 Å². The van der Waals surface area contributed by atoms with Crippen molar-refractivity contribution in [1.29, 1.82) is 0 Å². The Morgan fingerprint density at radius 2 is 1.88 bits per heavy atom. The first kappa shape index (κ1) is 15.0. The number of hydrazone groups is 1. The highest BCUT2D eigenvalue weighted by Crippen LogP contribution is 2.23. The first-order valence-electron chi connectivity index (χ1n) is 7.98. The van der Waals surface area contributed by atoms with Crippen LogP contribution in [0.15, 0.2) is 72.0 Å². The summed E-state index contributed by atoms with van der Waals surface area (Å²) in [4.78, 5) is 4.78. The van der Waals surface area contributed by atoms with Gasteiger partial charge in [-0.3, -0.25) is 0 Å². The van der Waals surface area contributed by atoms with Gasteiger partial charge in [0, 0.05) is 18.3 Å². The normalized spacial score (nSPS) is 11.9. The van der Waals surface area contributed by atoms with Crippen LogP contribution in [-0.4, -0.2) is 15.2 Å². The minimum absolute atomic E-state index is 0.287. The summed E-state index contributed by atoms with van der Waals surface area (Å²) in [5.74, 6) is 6.40. The van der Waals surface area contributed by atoms with Gasteiger partial charge in [0.05, 0.1) is 16.6 Å². The fraction of sp³-hybridized carbons (Fsp3) is 0.0526. The van der Waals surface area contributed by atoms with Crippen LogP contribution in [0.5, 0.6) is 0 Å². The highest BCUT2D eigenvalue weighted by molar-refractivity contribution is 6.00. The number of nitrogens with zero attached hydrogens (tertiary/aromatic N) is 3. The molecule has 0 aliphatic rings. The standard InChI is InChI=1S/C19H18N6/c20-18(24-21)14-8-9-16-15(11-14)23-19(17-7-4-10-25(16)17)22-12-13-5-2-1-3-6-13/h1-11H,12,21H2,(H2,20,24)(H,22,23). The van der Waals surface area contributed by atoms with Crippen LogP contribution >= 0.6 is 0 Å². The topological polar surface area (TPSA) is 93.7 Å². The Hall–Kier alpha value is -3.54. The molecule has 0 aliphatic carbocycles. The molecular formula is C19H18N6. The lowest BCUT2D eigenvalue weighted by Gasteiger charge is -2.11. The van der Waals surface area contributed by atoms with Crippen molar-refractivity contribution in [1.82, 2.24) is 9.38 Å². The van der Waals surface area contributed by atoms with E-state index >= 15 is 0 Å². The van der Waals surface area contributed by atoms with E-state index in [1.165, 1.54) is 5.56 Å². The molecule has 0 atom stereocenters. The Morgan fingerprint density at radius 3 is 2.68 bits per heavy atom. The number of amidine groups is 1. The number of hydrogen-bond donors (Lipinski definition) is 3. The zero-order valence-electron chi connectivity index (χ0n) is 13.6. The quantitative estimate of drug-likeness (QED) is 0.232. The van der Waals surface area contributed by atoms with Crippen LogP contribution in [0, 0.1) is 0 Å². The summed E-state index contributed by atoms with van der Waals surface area (Å²) in [6.07, 6.45) is 2.02. The van der Waals surface area contributed by atoms with Crippen LogP contribution in [0.4, 0.5) is 5.82 Å². The molecule has 5 N–H and O–H groups in total. The molecule has 0 saturated carbocycles. The summed E-state index contributed by atoms with van der Waals surface area (Å²) in [5, 5.41) is 6.99. The third-order valence-electron chi connectivity index (χ3n) is 4.20. The lowest BCUT2D eigenvalue weighted by atomic mass is 10.1. The van der Waals surface area contributed by atoms with Gasteiger partial charge < -0.3 is 21.3 Å². The smallest absolute Gasteiger partial charge is 0.151 e. The highest BCUT2D eigenvalue weighted by Gasteiger charge is 2.09. The van der Waals surface area contributed by atoms with Crippen molar-refractivity contribution >= 4 is 28.2 Å². The maximum Gasteiger partial charge on any atom is 0.151 e. The van der Waals surface area contributed by atoms with Gasteiger partial charge in [-0.05, 0) is 35.9 Å². The second-order valence-corrected chi connectivity index (χ2v) is 5.78. The second kappa shape index (κ2) is 6.16. The molecule has 2 aromatic heterocycles. The van der Waals surface area contributed by atoms with Crippen LogP contribution in [0.3, 0.4) is 0 Å². The lowest BCUT2D eigenvalue weighted by molar-refractivity contribution is 1.11. The molecule has 0 aliphatic heterocycles. The van der Waals surface area contributed by atoms with Crippen LogP contribution in [-0.2, 0) is 6.54 Å². The third kappa shape index (κ3) is 2.74. The molecule has 0 bridgehead atoms. The largest absolute Gasteiger partial charge is 0.382 e. The van der Waals surface area contributed by atoms with E-state index in [9.17, 15) is 0 Å². The molecule has 0 spiro atoms. The zero-order chi connectivity index (χ0) is 17.2. The zero-order valence-corrected chi connectivity index (χ0v) is 13.6. The molecular weight excluding hydrogens is 312 g/mol. The van der Waals surface area contributed by atoms with Crippen LogP contribution in [0.1, 0.15) is 11.1 Å². The number of benzene rings is 2. The first-order chi connectivity index (χ1) is 12.3. The van der Waals surface area contributed by atoms with E-state index in [0.29, 0.717) is 6.54 Å². The van der Waals surface area contributed by atoms with Crippen molar-refractivity contribution in [3.05, 3.63) is 78.0 Å². The second-order valence-electron chi connectivity index (χ2n) is 5.78. The summed E-state index contributed by atoms with van der Waals surface area (Å²) in [5.41, 5.74) is 10.6. The number of nitrogens with one attached hydrogen (secondary N) is 1. The van der Waals surface area contributed by atoms with Gasteiger partial charge in [-0.25, -0.2) is 4.98 Å². The third-order valence-corrected chi connectivity index (χ3v) is 4.20. The average Bonchev–Trinajstić information content (AvgIpc) is 3.16. The van der Waals surface area contributed by atoms with Crippen LogP contribution < -0.4 is 16.9 Å². The molecule has 4 aromatic rings. The maximum atomic E-state index is 5.83. The summed E-state index contributed by atoms with van der Waals surface area (Å²) < 4.78 is 2.11. The van der Waals surface area contributed by atoms with Crippen molar-refractivity contribution in [2.75, 3.05) is 5.32 Å². The first-order valence-corrected chi connectivity index (χ1v) is 7.98. The van der Waals surface area contributed by atoms with Gasteiger partial charge in [0.1, 0.15) is 5.84 Å². The Labute approximate surface area is 144 Å². The van der Waals surface area contributed by atoms with Crippen LogP contribution in [0.25, 0.3) is 16.6 Å². The van der Waals surface area contributed by atoms with E-state index in [1.807, 2.05) is 54.7 Å². The molecule has 4 rings (SSSR count). The minimum atomic E-state index is 0.287. The Kier molecular flexibility index (Phi) is 3.70. The van der Waals surface area contributed by atoms with Crippen molar-refractivity contribution in [2.24, 2.45) is 16.7 Å². The Bertz CT molecular complexity index is 1070. The molecule has 0 unspecified atom stereocenters. The van der Waals surface area contributed by atoms with Gasteiger partial charge in [-0.15, -0.1) is 0 Å². The molecule has 25 heavy (non-hydrogen) atoms. The SMILES string of the molecule is N/N=C(\N)c1ccc2c(c1)nc(NCc1ccccc1)c1cccn12. The summed E-state index contributed by atoms with van der Waals surface area (Å²) in [7, 11) is 0. The van der Waals surface area contributed by atoms with Crippen LogP contribution in [0.2, 0.25) is 0 Å². The van der Waals surface area contributed by atoms with E-state index in [0.717, 1.165) is 27.9 Å². The number of anilines is 1. The predicted octanol–water partition coefficient (Wildman–Crippen LogP) is 2.68. The van der Waals surface area contributed by atoms with Gasteiger partial charge >= 0.3 is 0 Å². The van der Waals surface area contributed by atoms with Crippen molar-refractivity contribution < 1.29 is 0 Å². The van der Waals surface area contributed by atoms with E-state index < -0.39 is 0 Å². The van der Waals surface area contributed by atoms with Crippen molar-refractivity contribution in [3.8, 4) is 0 Å². The fourth-order valence-electron chi connectivity index (χ4n) is 2.92. The molecule has 0 radical (unpaired) electrons. The molecule has 6 nitrogen and oxygen atoms in total. The number of hydrogen-bond acceptors (Lipinski definition) is 4. The molecule has 6 heteroatoms. The summed E-state index contributed by atoms with van der Waals surface area (Å²) >= 11 is 0. The van der Waals surface area contributed by atoms with E-state index in [1.54, 1.807) is 0 Å². The number of nitrogens with two attached hydrogens (primary N) is 2. The van der Waals surface area contributed by atoms with E-state index in [2.05, 4.69) is 27.0 Å². The van der Waals surface area contributed by atoms with Gasteiger partial charge in [0.2, 0.25) is 0 Å². The summed E-state index contributed by atoms with van der Waals surface area (Å²) in [6.45, 7) is 0.701. The number of aromatic nitrogens is 2. The fourth-order valence-corrected chi connectivity index (χ4v) is 2.92. The van der Waals surface area contributed by atoms with Gasteiger partial charge in [0.25, 0.3) is 0 Å². The Morgan fingerprint density at radius 1 is 1.04 bits per heavy atom. The van der Waals surface area contributed by atoms with Crippen molar-refractivity contribution in [2.45, 2.75) is 6.54 Å². The molecule has 2 aromatic carbocycles. The molecule has 2 heterocycles. The lowest BCUT2D eigenvalue weighted by Crippen LogP contribution is -2.15. The molecule has 0 saturated heterocycles. The monoisotopic (exact) mass is 330 g/mol.